The Labute approximate surface area is 190 Å². The third-order valence-electron chi connectivity index (χ3n) is 5.77. The molecule has 1 atom stereocenters. The quantitative estimate of drug-likeness (QED) is 0.590. The van der Waals surface area contributed by atoms with Gasteiger partial charge in [-0.2, -0.15) is 9.37 Å². The largest absolute Gasteiger partial charge is 0.502 e. The van der Waals surface area contributed by atoms with Crippen molar-refractivity contribution in [1.29, 1.82) is 0 Å². The van der Waals surface area contributed by atoms with Gasteiger partial charge >= 0.3 is 11.9 Å². The second kappa shape index (κ2) is 8.38. The van der Waals surface area contributed by atoms with E-state index >= 15 is 0 Å². The number of rotatable bonds is 6. The zero-order chi connectivity index (χ0) is 22.9. The minimum Gasteiger partial charge on any atom is -0.469 e. The van der Waals surface area contributed by atoms with Crippen LogP contribution in [0.1, 0.15) is 23.8 Å². The maximum atomic E-state index is 13.5. The van der Waals surface area contributed by atoms with Gasteiger partial charge in [-0.3, -0.25) is 4.79 Å². The van der Waals surface area contributed by atoms with Crippen LogP contribution in [0.4, 0.5) is 10.5 Å². The molecule has 4 amide bonds. The van der Waals surface area contributed by atoms with Crippen LogP contribution in [0.2, 0.25) is 0 Å². The summed E-state index contributed by atoms with van der Waals surface area (Å²) in [5, 5.41) is 2.90. The third-order valence-corrected chi connectivity index (χ3v) is 5.77. The molecule has 166 valence electrons. The zero-order valence-corrected chi connectivity index (χ0v) is 18.0. The fourth-order valence-corrected chi connectivity index (χ4v) is 4.18. The number of nitrogens with one attached hydrogen (secondary N) is 1. The van der Waals surface area contributed by atoms with Crippen LogP contribution in [0, 0.1) is 0 Å². The molecule has 0 spiro atoms. The molecule has 0 radical (unpaired) electrons. The average molecular weight is 444 g/mol. The summed E-state index contributed by atoms with van der Waals surface area (Å²) in [6.07, 6.45) is 1.22. The second-order valence-corrected chi connectivity index (χ2v) is 7.81. The smallest absolute Gasteiger partial charge is 0.469 e. The van der Waals surface area contributed by atoms with Crippen LogP contribution < -0.4 is 10.1 Å². The molecule has 2 aliphatic heterocycles. The Morgan fingerprint density at radius 1 is 1.06 bits per heavy atom. The molecule has 0 fully saturated rings. The summed E-state index contributed by atoms with van der Waals surface area (Å²) in [5.41, 5.74) is 2.70. The van der Waals surface area contributed by atoms with Crippen LogP contribution >= 0.6 is 0 Å². The molecule has 8 nitrogen and oxygen atoms in total. The first-order valence-corrected chi connectivity index (χ1v) is 10.7. The highest BCUT2D eigenvalue weighted by molar-refractivity contribution is 6.22. The molecule has 3 heterocycles. The number of amides is 4. The maximum Gasteiger partial charge on any atom is 0.502 e. The lowest BCUT2D eigenvalue weighted by Gasteiger charge is -2.23. The fraction of sp³-hybridized carbons (Fsp3) is 0.200. The minimum absolute atomic E-state index is 0.0507. The molecule has 1 aromatic heterocycles. The number of imide groups is 1. The monoisotopic (exact) mass is 444 g/mol. The summed E-state index contributed by atoms with van der Waals surface area (Å²) >= 11 is 0. The normalized spacial score (nSPS) is 17.0. The molecular weight excluding hydrogens is 422 g/mol. The summed E-state index contributed by atoms with van der Waals surface area (Å²) in [6.45, 7) is 1.69. The van der Waals surface area contributed by atoms with E-state index in [1.807, 2.05) is 31.2 Å². The lowest BCUT2D eigenvalue weighted by molar-refractivity contribution is -0.428. The molecule has 1 unspecified atom stereocenters. The van der Waals surface area contributed by atoms with Crippen LogP contribution in [0.3, 0.4) is 0 Å². The molecule has 0 aliphatic carbocycles. The van der Waals surface area contributed by atoms with Crippen molar-refractivity contribution in [2.45, 2.75) is 26.0 Å². The van der Waals surface area contributed by atoms with Gasteiger partial charge in [0.15, 0.2) is 18.8 Å². The number of benzene rings is 2. The van der Waals surface area contributed by atoms with Gasteiger partial charge in [0.05, 0.1) is 11.8 Å². The Morgan fingerprint density at radius 2 is 1.85 bits per heavy atom. The summed E-state index contributed by atoms with van der Waals surface area (Å²) in [6, 6.07) is 17.4. The van der Waals surface area contributed by atoms with Gasteiger partial charge in [-0.25, -0.2) is 4.79 Å². The number of ether oxygens (including phenoxy) is 1. The molecule has 0 saturated heterocycles. The van der Waals surface area contributed by atoms with Crippen molar-refractivity contribution in [3.05, 3.63) is 83.8 Å². The van der Waals surface area contributed by atoms with E-state index < -0.39 is 18.0 Å². The first-order valence-electron chi connectivity index (χ1n) is 10.7. The van der Waals surface area contributed by atoms with Crippen molar-refractivity contribution in [3.8, 4) is 5.75 Å². The van der Waals surface area contributed by atoms with Crippen LogP contribution in [0.15, 0.2) is 71.3 Å². The first-order chi connectivity index (χ1) is 16.1. The number of fused-ring (bicyclic) bond motifs is 3. The van der Waals surface area contributed by atoms with E-state index in [0.717, 1.165) is 16.9 Å². The van der Waals surface area contributed by atoms with E-state index in [1.54, 1.807) is 36.4 Å². The average Bonchev–Trinajstić information content (AvgIpc) is 3.48. The molecule has 8 heteroatoms. The summed E-state index contributed by atoms with van der Waals surface area (Å²) < 4.78 is 12.6. The number of carbonyl (C=O) groups is 3. The molecule has 2 aliphatic rings. The van der Waals surface area contributed by atoms with Gasteiger partial charge in [-0.1, -0.05) is 37.3 Å². The lowest BCUT2D eigenvalue weighted by Crippen LogP contribution is -2.58. The lowest BCUT2D eigenvalue weighted by atomic mass is 10.0. The number of hydrogen-bond donors (Lipinski definition) is 1. The van der Waals surface area contributed by atoms with Crippen LogP contribution in [0.5, 0.6) is 5.75 Å². The van der Waals surface area contributed by atoms with Crippen molar-refractivity contribution in [2.75, 3.05) is 11.9 Å². The van der Waals surface area contributed by atoms with E-state index in [4.69, 9.17) is 9.15 Å². The van der Waals surface area contributed by atoms with Gasteiger partial charge < -0.3 is 14.5 Å². The second-order valence-electron chi connectivity index (χ2n) is 7.81. The van der Waals surface area contributed by atoms with E-state index in [-0.39, 0.29) is 19.0 Å². The van der Waals surface area contributed by atoms with Gasteiger partial charge in [0.25, 0.3) is 12.0 Å². The molecule has 1 N–H and O–H groups in total. The van der Waals surface area contributed by atoms with Gasteiger partial charge in [-0.15, -0.1) is 4.90 Å². The zero-order valence-electron chi connectivity index (χ0n) is 18.0. The number of aryl methyl sites for hydroxylation is 1. The summed E-state index contributed by atoms with van der Waals surface area (Å²) in [5.74, 6) is 0.0972. The highest BCUT2D eigenvalue weighted by Crippen LogP contribution is 2.32. The van der Waals surface area contributed by atoms with Crippen molar-refractivity contribution in [1.82, 2.24) is 4.90 Å². The topological polar surface area (TPSA) is 91.9 Å². The fourth-order valence-electron chi connectivity index (χ4n) is 4.18. The number of nitrogens with zero attached hydrogens (tertiary/aromatic N) is 2. The van der Waals surface area contributed by atoms with Crippen LogP contribution in [-0.4, -0.2) is 45.7 Å². The Kier molecular flexibility index (Phi) is 5.26. The first kappa shape index (κ1) is 20.7. The number of anilines is 1. The maximum absolute atomic E-state index is 13.5. The number of furan rings is 1. The third kappa shape index (κ3) is 3.69. The van der Waals surface area contributed by atoms with Crippen LogP contribution in [0.25, 0.3) is 0 Å². The summed E-state index contributed by atoms with van der Waals surface area (Å²) in [7, 11) is 0. The van der Waals surface area contributed by atoms with E-state index in [9.17, 15) is 14.4 Å². The van der Waals surface area contributed by atoms with E-state index in [2.05, 4.69) is 5.32 Å². The Balaban J connectivity index is 1.51. The van der Waals surface area contributed by atoms with Gasteiger partial charge in [-0.05, 0) is 42.3 Å². The molecule has 2 aromatic carbocycles. The molecule has 5 rings (SSSR count). The highest BCUT2D eigenvalue weighted by Gasteiger charge is 2.54. The van der Waals surface area contributed by atoms with Crippen LogP contribution in [-0.2, 0) is 22.6 Å². The molecule has 33 heavy (non-hydrogen) atoms. The number of carbonyl (C=O) groups excluding carboxylic acids is 3. The number of para-hydroxylation sites is 2. The molecular formula is C25H22N3O5+. The van der Waals surface area contributed by atoms with Crippen molar-refractivity contribution in [3.63, 3.8) is 0 Å². The number of urea groups is 1. The minimum atomic E-state index is -1.01. The van der Waals surface area contributed by atoms with Crippen molar-refractivity contribution in [2.24, 2.45) is 0 Å². The van der Waals surface area contributed by atoms with E-state index in [1.165, 1.54) is 10.8 Å². The van der Waals surface area contributed by atoms with E-state index in [0.29, 0.717) is 28.5 Å². The predicted molar refractivity (Wildman–Crippen MR) is 119 cm³/mol. The van der Waals surface area contributed by atoms with Crippen molar-refractivity contribution < 1.29 is 28.1 Å². The summed E-state index contributed by atoms with van der Waals surface area (Å²) in [4.78, 5) is 40.7. The van der Waals surface area contributed by atoms with Gasteiger partial charge in [0.2, 0.25) is 0 Å². The highest BCUT2D eigenvalue weighted by atomic mass is 16.5. The Hall–Kier alpha value is -4.20. The number of hydrogen-bond acceptors (Lipinski definition) is 5. The molecule has 0 saturated carbocycles. The predicted octanol–water partition coefficient (Wildman–Crippen LogP) is 3.21. The Morgan fingerprint density at radius 3 is 2.64 bits per heavy atom. The van der Waals surface area contributed by atoms with Gasteiger partial charge in [0, 0.05) is 5.69 Å². The van der Waals surface area contributed by atoms with Gasteiger partial charge in [0.1, 0.15) is 11.5 Å². The molecule has 3 aromatic rings. The Bertz CT molecular complexity index is 1280. The standard InChI is InChI=1S/C25H21N3O5/c1-2-16-8-3-5-11-19(16)26-21(29)15-27-22-18-10-4-6-12-20(18)33-23(22)24(30)28(25(27)31)14-17-9-7-13-32-17/h3-13,23H,2,14-15H2,1H3/p+1. The SMILES string of the molecule is CCc1ccccc1NC(=O)C[N+]1=C2c3ccccc3OC2C(=O)N(Cc2ccco2)C1=O. The molecule has 0 bridgehead atoms. The van der Waals surface area contributed by atoms with Crippen molar-refractivity contribution >= 4 is 29.2 Å².